The van der Waals surface area contributed by atoms with Crippen LogP contribution in [-0.2, 0) is 7.05 Å². The fourth-order valence-corrected chi connectivity index (χ4v) is 5.52. The van der Waals surface area contributed by atoms with E-state index in [-0.39, 0.29) is 0 Å². The second-order valence-corrected chi connectivity index (χ2v) is 9.41. The summed E-state index contributed by atoms with van der Waals surface area (Å²) in [5.41, 5.74) is 11.2. The van der Waals surface area contributed by atoms with Crippen molar-refractivity contribution in [3.05, 3.63) is 107 Å². The first-order chi connectivity index (χ1) is 17.0. The predicted octanol–water partition coefficient (Wildman–Crippen LogP) is 7.23. The van der Waals surface area contributed by atoms with E-state index in [2.05, 4.69) is 116 Å². The van der Waals surface area contributed by atoms with Crippen molar-refractivity contribution in [3.63, 3.8) is 0 Å². The lowest BCUT2D eigenvalue weighted by atomic mass is 9.96. The highest BCUT2D eigenvalue weighted by Crippen LogP contribution is 2.37. The molecule has 0 aliphatic rings. The zero-order valence-electron chi connectivity index (χ0n) is 20.4. The first-order valence-electron chi connectivity index (χ1n) is 11.9. The van der Waals surface area contributed by atoms with Crippen molar-refractivity contribution in [1.82, 2.24) is 4.57 Å². The number of aryl methyl sites for hydroxylation is 3. The lowest BCUT2D eigenvalue weighted by Crippen LogP contribution is -2.33. The summed E-state index contributed by atoms with van der Waals surface area (Å²) in [7, 11) is 2.14. The van der Waals surface area contributed by atoms with E-state index in [0.717, 1.165) is 44.1 Å². The molecule has 2 heterocycles. The van der Waals surface area contributed by atoms with Crippen molar-refractivity contribution < 1.29 is 4.57 Å². The van der Waals surface area contributed by atoms with E-state index in [1.54, 1.807) is 0 Å². The topological polar surface area (TPSA) is 32.6 Å². The molecule has 0 unspecified atom stereocenters. The molecule has 0 fully saturated rings. The van der Waals surface area contributed by atoms with Crippen LogP contribution in [-0.4, -0.2) is 4.57 Å². The third-order valence-corrected chi connectivity index (χ3v) is 7.32. The van der Waals surface area contributed by atoms with Crippen molar-refractivity contribution in [1.29, 1.82) is 5.26 Å². The standard InChI is InChI=1S/C32H26N3/c1-20-16-21(2)22(3)27(17-20)30-18-31(26-12-6-7-14-28(26)34(30)4)35-29-15-8-5-11-24(29)25-13-9-10-23(19-33)32(25)35/h5-18H,1-4H3/q+1. The van der Waals surface area contributed by atoms with Crippen LogP contribution in [0.3, 0.4) is 0 Å². The molecule has 3 heteroatoms. The van der Waals surface area contributed by atoms with Crippen molar-refractivity contribution >= 4 is 32.7 Å². The van der Waals surface area contributed by atoms with Gasteiger partial charge in [-0.25, -0.2) is 0 Å². The Kier molecular flexibility index (Phi) is 4.72. The molecule has 0 atom stereocenters. The van der Waals surface area contributed by atoms with Crippen LogP contribution >= 0.6 is 0 Å². The molecule has 3 nitrogen and oxygen atoms in total. The molecule has 0 radical (unpaired) electrons. The molecule has 4 aromatic carbocycles. The summed E-state index contributed by atoms with van der Waals surface area (Å²) in [5, 5.41) is 13.5. The second kappa shape index (κ2) is 7.82. The average molecular weight is 453 g/mol. The quantitative estimate of drug-likeness (QED) is 0.255. The molecule has 0 spiro atoms. The first-order valence-corrected chi connectivity index (χ1v) is 11.9. The van der Waals surface area contributed by atoms with Gasteiger partial charge in [0.05, 0.1) is 27.7 Å². The van der Waals surface area contributed by atoms with Gasteiger partial charge in [-0.3, -0.25) is 0 Å². The lowest BCUT2D eigenvalue weighted by Gasteiger charge is -2.15. The third kappa shape index (κ3) is 3.07. The largest absolute Gasteiger partial charge is 0.307 e. The summed E-state index contributed by atoms with van der Waals surface area (Å²) >= 11 is 0. The normalized spacial score (nSPS) is 11.4. The molecule has 0 saturated heterocycles. The van der Waals surface area contributed by atoms with Crippen LogP contribution in [0.25, 0.3) is 49.7 Å². The number of pyridine rings is 1. The molecular weight excluding hydrogens is 426 g/mol. The molecular formula is C32H26N3+. The molecule has 0 bridgehead atoms. The zero-order chi connectivity index (χ0) is 24.3. The summed E-state index contributed by atoms with van der Waals surface area (Å²) in [5.74, 6) is 0. The number of hydrogen-bond donors (Lipinski definition) is 0. The Morgan fingerprint density at radius 3 is 2.29 bits per heavy atom. The molecule has 168 valence electrons. The van der Waals surface area contributed by atoms with Crippen molar-refractivity contribution in [2.24, 2.45) is 7.05 Å². The SMILES string of the molecule is Cc1cc(C)c(C)c(-c2cc(-n3c4ccccc4c4cccc(C#N)c43)c3ccccc3[n+]2C)c1. The maximum atomic E-state index is 10.1. The molecule has 35 heavy (non-hydrogen) atoms. The average Bonchev–Trinajstić information content (AvgIpc) is 3.21. The number of para-hydroxylation sites is 3. The summed E-state index contributed by atoms with van der Waals surface area (Å²) in [6.07, 6.45) is 0. The van der Waals surface area contributed by atoms with E-state index >= 15 is 0 Å². The van der Waals surface area contributed by atoms with Gasteiger partial charge in [-0.2, -0.15) is 9.83 Å². The van der Waals surface area contributed by atoms with Gasteiger partial charge in [-0.05, 0) is 56.2 Å². The Balaban J connectivity index is 1.84. The van der Waals surface area contributed by atoms with Crippen LogP contribution < -0.4 is 4.57 Å². The Morgan fingerprint density at radius 2 is 1.49 bits per heavy atom. The van der Waals surface area contributed by atoms with E-state index in [4.69, 9.17) is 0 Å². The highest BCUT2D eigenvalue weighted by atomic mass is 15.0. The zero-order valence-corrected chi connectivity index (χ0v) is 20.4. The van der Waals surface area contributed by atoms with Crippen molar-refractivity contribution in [3.8, 4) is 23.0 Å². The molecule has 6 rings (SSSR count). The van der Waals surface area contributed by atoms with Crippen LogP contribution in [0.1, 0.15) is 22.3 Å². The Bertz CT molecular complexity index is 1850. The van der Waals surface area contributed by atoms with Gasteiger partial charge in [0.15, 0.2) is 0 Å². The number of hydrogen-bond acceptors (Lipinski definition) is 1. The number of nitriles is 1. The van der Waals surface area contributed by atoms with E-state index in [1.165, 1.54) is 22.3 Å². The predicted molar refractivity (Wildman–Crippen MR) is 144 cm³/mol. The molecule has 2 aromatic heterocycles. The monoisotopic (exact) mass is 452 g/mol. The van der Waals surface area contributed by atoms with E-state index < -0.39 is 0 Å². The minimum Gasteiger partial charge on any atom is -0.307 e. The van der Waals surface area contributed by atoms with Crippen molar-refractivity contribution in [2.45, 2.75) is 20.8 Å². The summed E-state index contributed by atoms with van der Waals surface area (Å²) < 4.78 is 4.58. The Labute approximate surface area is 205 Å². The summed E-state index contributed by atoms with van der Waals surface area (Å²) in [6, 6.07) is 32.3. The van der Waals surface area contributed by atoms with Gasteiger partial charge < -0.3 is 4.57 Å². The van der Waals surface area contributed by atoms with E-state index in [0.29, 0.717) is 5.56 Å². The third-order valence-electron chi connectivity index (χ3n) is 7.32. The molecule has 0 aliphatic carbocycles. The highest BCUT2D eigenvalue weighted by molar-refractivity contribution is 6.12. The van der Waals surface area contributed by atoms with E-state index in [9.17, 15) is 5.26 Å². The van der Waals surface area contributed by atoms with Gasteiger partial charge in [0.25, 0.3) is 0 Å². The lowest BCUT2D eigenvalue weighted by molar-refractivity contribution is -0.633. The Hall–Kier alpha value is -4.42. The fraction of sp³-hybridized carbons (Fsp3) is 0.125. The highest BCUT2D eigenvalue weighted by Gasteiger charge is 2.24. The van der Waals surface area contributed by atoms with Crippen LogP contribution in [0.5, 0.6) is 0 Å². The molecule has 0 amide bonds. The minimum atomic E-state index is 0.681. The first kappa shape index (κ1) is 21.1. The van der Waals surface area contributed by atoms with Gasteiger partial charge in [0.2, 0.25) is 11.2 Å². The van der Waals surface area contributed by atoms with Gasteiger partial charge in [0.1, 0.15) is 13.1 Å². The van der Waals surface area contributed by atoms with Gasteiger partial charge in [0, 0.05) is 28.5 Å². The Morgan fingerprint density at radius 1 is 0.771 bits per heavy atom. The molecule has 0 saturated carbocycles. The smallest absolute Gasteiger partial charge is 0.215 e. The number of benzene rings is 4. The number of nitrogens with zero attached hydrogens (tertiary/aromatic N) is 3. The van der Waals surface area contributed by atoms with Gasteiger partial charge >= 0.3 is 0 Å². The number of rotatable bonds is 2. The maximum absolute atomic E-state index is 10.1. The van der Waals surface area contributed by atoms with Crippen LogP contribution in [0.2, 0.25) is 0 Å². The number of aromatic nitrogens is 2. The molecule has 0 N–H and O–H groups in total. The van der Waals surface area contributed by atoms with Crippen LogP contribution in [0.4, 0.5) is 0 Å². The fourth-order valence-electron chi connectivity index (χ4n) is 5.52. The molecule has 0 aliphatic heterocycles. The summed E-state index contributed by atoms with van der Waals surface area (Å²) in [4.78, 5) is 0. The van der Waals surface area contributed by atoms with Gasteiger partial charge in [-0.1, -0.05) is 54.1 Å². The number of fused-ring (bicyclic) bond motifs is 4. The van der Waals surface area contributed by atoms with Crippen molar-refractivity contribution in [2.75, 3.05) is 0 Å². The van der Waals surface area contributed by atoms with Crippen LogP contribution in [0.15, 0.2) is 84.9 Å². The van der Waals surface area contributed by atoms with Crippen LogP contribution in [0, 0.1) is 32.1 Å². The maximum Gasteiger partial charge on any atom is 0.215 e. The van der Waals surface area contributed by atoms with Gasteiger partial charge in [-0.15, -0.1) is 0 Å². The van der Waals surface area contributed by atoms with E-state index in [1.807, 2.05) is 12.1 Å². The second-order valence-electron chi connectivity index (χ2n) is 9.41. The summed E-state index contributed by atoms with van der Waals surface area (Å²) in [6.45, 7) is 6.54. The molecule has 6 aromatic rings. The minimum absolute atomic E-state index is 0.681.